The number of H-pyrrole nitrogens is 1. The number of nitrogens with zero attached hydrogens (tertiary/aromatic N) is 4. The number of hydrogen-bond acceptors (Lipinski definition) is 4. The lowest BCUT2D eigenvalue weighted by Crippen LogP contribution is -2.00. The van der Waals surface area contributed by atoms with Gasteiger partial charge in [-0.05, 0) is 23.6 Å². The van der Waals surface area contributed by atoms with E-state index in [2.05, 4.69) is 34.1 Å². The quantitative estimate of drug-likeness (QED) is 0.636. The van der Waals surface area contributed by atoms with Gasteiger partial charge in [0.1, 0.15) is 11.5 Å². The van der Waals surface area contributed by atoms with E-state index in [1.807, 2.05) is 30.5 Å². The summed E-state index contributed by atoms with van der Waals surface area (Å²) in [6.07, 6.45) is 8.05. The summed E-state index contributed by atoms with van der Waals surface area (Å²) in [6.45, 7) is 4.43. The predicted molar refractivity (Wildman–Crippen MR) is 92.8 cm³/mol. The van der Waals surface area contributed by atoms with Gasteiger partial charge in [0.25, 0.3) is 0 Å². The Morgan fingerprint density at radius 2 is 1.75 bits per heavy atom. The fourth-order valence-corrected chi connectivity index (χ4v) is 3.01. The molecule has 0 atom stereocenters. The van der Waals surface area contributed by atoms with Gasteiger partial charge in [-0.1, -0.05) is 55.8 Å². The lowest BCUT2D eigenvalue weighted by molar-refractivity contribution is 0.143. The molecule has 0 aliphatic rings. The van der Waals surface area contributed by atoms with Crippen LogP contribution in [0.1, 0.15) is 51.3 Å². The first kappa shape index (κ1) is 16.2. The van der Waals surface area contributed by atoms with Gasteiger partial charge >= 0.3 is 0 Å². The molecule has 0 fully saturated rings. The van der Waals surface area contributed by atoms with Gasteiger partial charge in [-0.3, -0.25) is 0 Å². The zero-order valence-electron chi connectivity index (χ0n) is 14.1. The van der Waals surface area contributed by atoms with E-state index in [-0.39, 0.29) is 0 Å². The first-order valence-electron chi connectivity index (χ1n) is 8.48. The molecule has 0 aliphatic heterocycles. The van der Waals surface area contributed by atoms with Crippen molar-refractivity contribution < 1.29 is 5.21 Å². The molecule has 126 valence electrons. The zero-order valence-corrected chi connectivity index (χ0v) is 14.1. The summed E-state index contributed by atoms with van der Waals surface area (Å²) in [7, 11) is 0. The Balaban J connectivity index is 1.79. The normalized spacial score (nSPS) is 11.3. The fourth-order valence-electron chi connectivity index (χ4n) is 3.01. The maximum Gasteiger partial charge on any atom is 0.116 e. The van der Waals surface area contributed by atoms with E-state index in [1.165, 1.54) is 19.0 Å². The zero-order chi connectivity index (χ0) is 16.9. The average Bonchev–Trinajstić information content (AvgIpc) is 3.24. The van der Waals surface area contributed by atoms with E-state index in [4.69, 9.17) is 0 Å². The van der Waals surface area contributed by atoms with Crippen LogP contribution in [0.25, 0.3) is 22.5 Å². The highest BCUT2D eigenvalue weighted by atomic mass is 16.5. The van der Waals surface area contributed by atoms with Crippen LogP contribution in [-0.2, 0) is 0 Å². The first-order valence-corrected chi connectivity index (χ1v) is 8.48. The van der Waals surface area contributed by atoms with Gasteiger partial charge in [0.15, 0.2) is 0 Å². The largest absolute Gasteiger partial charge is 0.410 e. The van der Waals surface area contributed by atoms with Crippen LogP contribution in [0.4, 0.5) is 0 Å². The van der Waals surface area contributed by atoms with Gasteiger partial charge in [-0.15, -0.1) is 5.10 Å². The summed E-state index contributed by atoms with van der Waals surface area (Å²) in [5.74, 6) is 1.59. The van der Waals surface area contributed by atoms with Gasteiger partial charge in [0.05, 0.1) is 18.1 Å². The summed E-state index contributed by atoms with van der Waals surface area (Å²) < 4.78 is 0. The van der Waals surface area contributed by atoms with Crippen molar-refractivity contribution in [2.24, 2.45) is 0 Å². The third kappa shape index (κ3) is 3.48. The van der Waals surface area contributed by atoms with Gasteiger partial charge in [0.2, 0.25) is 0 Å². The molecule has 0 saturated carbocycles. The van der Waals surface area contributed by atoms with Crippen LogP contribution in [0, 0.1) is 0 Å². The number of aromatic amines is 1. The molecule has 0 spiro atoms. The Labute approximate surface area is 141 Å². The Hall–Kier alpha value is -2.63. The van der Waals surface area contributed by atoms with Gasteiger partial charge in [0, 0.05) is 11.5 Å². The molecular weight excluding hydrogens is 302 g/mol. The molecule has 0 saturated heterocycles. The highest BCUT2D eigenvalue weighted by Crippen LogP contribution is 2.27. The lowest BCUT2D eigenvalue weighted by Gasteiger charge is -2.12. The Kier molecular flexibility index (Phi) is 4.93. The number of benzene rings is 1. The van der Waals surface area contributed by atoms with E-state index in [0.717, 1.165) is 35.5 Å². The second kappa shape index (κ2) is 7.29. The molecule has 0 unspecified atom stereocenters. The van der Waals surface area contributed by atoms with Crippen LogP contribution < -0.4 is 0 Å². The van der Waals surface area contributed by atoms with Crippen LogP contribution in [0.5, 0.6) is 0 Å². The Bertz CT molecular complexity index is 769. The molecule has 2 N–H and O–H groups in total. The fraction of sp³-hybridized carbons (Fsp3) is 0.389. The van der Waals surface area contributed by atoms with Crippen molar-refractivity contribution in [2.75, 3.05) is 0 Å². The minimum absolute atomic E-state index is 0.507. The minimum atomic E-state index is 0.507. The van der Waals surface area contributed by atoms with Gasteiger partial charge < -0.3 is 10.2 Å². The summed E-state index contributed by atoms with van der Waals surface area (Å²) in [4.78, 5) is 8.79. The van der Waals surface area contributed by atoms with Crippen molar-refractivity contribution in [2.45, 2.75) is 45.4 Å². The van der Waals surface area contributed by atoms with Crippen molar-refractivity contribution in [3.63, 3.8) is 0 Å². The van der Waals surface area contributed by atoms with Crippen LogP contribution in [0.2, 0.25) is 0 Å². The van der Waals surface area contributed by atoms with Crippen LogP contribution in [0.15, 0.2) is 36.7 Å². The Morgan fingerprint density at radius 3 is 2.33 bits per heavy atom. The SMILES string of the molecule is CCCC(CCC)c1ncc(-c2ccc(-c3cn(O)nn3)cc2)[nH]1. The van der Waals surface area contributed by atoms with E-state index in [9.17, 15) is 5.21 Å². The van der Waals surface area contributed by atoms with Crippen molar-refractivity contribution >= 4 is 0 Å². The topological polar surface area (TPSA) is 79.6 Å². The first-order chi connectivity index (χ1) is 11.7. The molecule has 1 aromatic carbocycles. The summed E-state index contributed by atoms with van der Waals surface area (Å²) >= 11 is 0. The van der Waals surface area contributed by atoms with E-state index in [1.54, 1.807) is 0 Å². The molecule has 6 nitrogen and oxygen atoms in total. The molecular formula is C18H23N5O. The molecule has 2 aromatic heterocycles. The standard InChI is InChI=1S/C18H23N5O/c1-3-5-15(6-4-2)18-19-11-16(20-18)13-7-9-14(10-8-13)17-12-23(24)22-21-17/h7-12,15,24H,3-6H2,1-2H3,(H,19,20). The van der Waals surface area contributed by atoms with E-state index >= 15 is 0 Å². The highest BCUT2D eigenvalue weighted by molar-refractivity contribution is 5.65. The summed E-state index contributed by atoms with van der Waals surface area (Å²) in [5.41, 5.74) is 3.66. The van der Waals surface area contributed by atoms with E-state index < -0.39 is 0 Å². The molecule has 3 aromatic rings. The number of aromatic nitrogens is 5. The summed E-state index contributed by atoms with van der Waals surface area (Å²) in [5, 5.41) is 16.7. The number of hydrogen-bond donors (Lipinski definition) is 2. The van der Waals surface area contributed by atoms with Gasteiger partial charge in [-0.25, -0.2) is 4.98 Å². The Morgan fingerprint density at radius 1 is 1.08 bits per heavy atom. The van der Waals surface area contributed by atoms with Crippen LogP contribution >= 0.6 is 0 Å². The number of imidazole rings is 1. The monoisotopic (exact) mass is 325 g/mol. The van der Waals surface area contributed by atoms with Crippen molar-refractivity contribution in [1.82, 2.24) is 25.1 Å². The van der Waals surface area contributed by atoms with Crippen LogP contribution in [0.3, 0.4) is 0 Å². The van der Waals surface area contributed by atoms with E-state index in [0.29, 0.717) is 16.5 Å². The average molecular weight is 325 g/mol. The smallest absolute Gasteiger partial charge is 0.116 e. The van der Waals surface area contributed by atoms with Crippen molar-refractivity contribution in [1.29, 1.82) is 0 Å². The number of rotatable bonds is 7. The lowest BCUT2D eigenvalue weighted by atomic mass is 9.98. The molecule has 2 heterocycles. The predicted octanol–water partition coefficient (Wildman–Crippen LogP) is 4.26. The van der Waals surface area contributed by atoms with Crippen molar-refractivity contribution in [3.05, 3.63) is 42.5 Å². The molecule has 0 amide bonds. The molecule has 6 heteroatoms. The molecule has 24 heavy (non-hydrogen) atoms. The molecule has 0 aliphatic carbocycles. The molecule has 0 bridgehead atoms. The van der Waals surface area contributed by atoms with Gasteiger partial charge in [-0.2, -0.15) is 0 Å². The second-order valence-electron chi connectivity index (χ2n) is 6.06. The third-order valence-electron chi connectivity index (χ3n) is 4.23. The number of nitrogens with one attached hydrogen (secondary N) is 1. The summed E-state index contributed by atoms with van der Waals surface area (Å²) in [6, 6.07) is 7.99. The molecule has 3 rings (SSSR count). The highest BCUT2D eigenvalue weighted by Gasteiger charge is 2.14. The van der Waals surface area contributed by atoms with Crippen LogP contribution in [-0.4, -0.2) is 30.3 Å². The minimum Gasteiger partial charge on any atom is -0.410 e. The second-order valence-corrected chi connectivity index (χ2v) is 6.06. The molecule has 0 radical (unpaired) electrons. The third-order valence-corrected chi connectivity index (χ3v) is 4.23. The maximum absolute atomic E-state index is 9.22. The van der Waals surface area contributed by atoms with Crippen molar-refractivity contribution in [3.8, 4) is 22.5 Å². The maximum atomic E-state index is 9.22.